The molecule has 2 aliphatic carbocycles. The maximum atomic E-state index is 12.7. The molecule has 0 radical (unpaired) electrons. The summed E-state index contributed by atoms with van der Waals surface area (Å²) in [5, 5.41) is 3.06. The molecule has 2 fully saturated rings. The van der Waals surface area contributed by atoms with Crippen LogP contribution in [0.1, 0.15) is 57.9 Å². The Labute approximate surface area is 168 Å². The van der Waals surface area contributed by atoms with Crippen LogP contribution in [0.25, 0.3) is 0 Å². The van der Waals surface area contributed by atoms with Crippen LogP contribution in [0.3, 0.4) is 0 Å². The van der Waals surface area contributed by atoms with Gasteiger partial charge in [0.15, 0.2) is 11.5 Å². The van der Waals surface area contributed by atoms with E-state index >= 15 is 0 Å². The monoisotopic (exact) mass is 387 g/mol. The van der Waals surface area contributed by atoms with Gasteiger partial charge in [0.05, 0.1) is 13.7 Å². The van der Waals surface area contributed by atoms with E-state index in [1.165, 1.54) is 0 Å². The molecule has 2 aliphatic rings. The third kappa shape index (κ3) is 5.06. The molecule has 0 aromatic heterocycles. The molecule has 0 saturated heterocycles. The first kappa shape index (κ1) is 20.7. The summed E-state index contributed by atoms with van der Waals surface area (Å²) < 4.78 is 11.3. The molecule has 2 unspecified atom stereocenters. The highest BCUT2D eigenvalue weighted by molar-refractivity contribution is 5.88. The zero-order valence-corrected chi connectivity index (χ0v) is 17.3. The molecule has 0 heterocycles. The van der Waals surface area contributed by atoms with E-state index in [-0.39, 0.29) is 23.7 Å². The lowest BCUT2D eigenvalue weighted by Crippen LogP contribution is -2.42. The van der Waals surface area contributed by atoms with E-state index in [1.807, 2.05) is 18.2 Å². The van der Waals surface area contributed by atoms with E-state index < -0.39 is 0 Å². The summed E-state index contributed by atoms with van der Waals surface area (Å²) >= 11 is 0. The minimum absolute atomic E-state index is 0.0338. The van der Waals surface area contributed by atoms with Gasteiger partial charge in [-0.05, 0) is 55.7 Å². The van der Waals surface area contributed by atoms with Crippen LogP contribution in [-0.4, -0.2) is 25.4 Å². The van der Waals surface area contributed by atoms with E-state index in [4.69, 9.17) is 9.47 Å². The molecule has 2 saturated carbocycles. The van der Waals surface area contributed by atoms with E-state index in [0.717, 1.165) is 37.0 Å². The molecule has 2 atom stereocenters. The Hall–Kier alpha value is -2.04. The van der Waals surface area contributed by atoms with Crippen molar-refractivity contribution in [3.8, 4) is 11.5 Å². The fourth-order valence-electron chi connectivity index (χ4n) is 4.37. The fourth-order valence-corrected chi connectivity index (χ4v) is 4.37. The van der Waals surface area contributed by atoms with Gasteiger partial charge in [-0.2, -0.15) is 0 Å². The Balaban J connectivity index is 1.54. The van der Waals surface area contributed by atoms with Gasteiger partial charge in [0, 0.05) is 24.3 Å². The number of carbonyl (C=O) groups is 2. The van der Waals surface area contributed by atoms with Gasteiger partial charge in [0.1, 0.15) is 5.78 Å². The number of Topliss-reactive ketones (excluding diaryl/α,β-unsaturated/α-hetero) is 1. The second-order valence-electron chi connectivity index (χ2n) is 8.63. The molecular formula is C23H33NO4. The van der Waals surface area contributed by atoms with Gasteiger partial charge in [0.2, 0.25) is 5.91 Å². The predicted molar refractivity (Wildman–Crippen MR) is 108 cm³/mol. The average molecular weight is 388 g/mol. The second-order valence-corrected chi connectivity index (χ2v) is 8.63. The summed E-state index contributed by atoms with van der Waals surface area (Å²) in [5.41, 5.74) is 0.980. The lowest BCUT2D eigenvalue weighted by atomic mass is 9.67. The van der Waals surface area contributed by atoms with E-state index in [1.54, 1.807) is 7.11 Å². The Morgan fingerprint density at radius 1 is 1.18 bits per heavy atom. The third-order valence-corrected chi connectivity index (χ3v) is 6.07. The minimum atomic E-state index is -0.0338. The highest BCUT2D eigenvalue weighted by Gasteiger charge is 2.41. The quantitative estimate of drug-likeness (QED) is 0.728. The van der Waals surface area contributed by atoms with Gasteiger partial charge in [0.25, 0.3) is 0 Å². The third-order valence-electron chi connectivity index (χ3n) is 6.07. The zero-order chi connectivity index (χ0) is 20.1. The van der Waals surface area contributed by atoms with Gasteiger partial charge >= 0.3 is 0 Å². The van der Waals surface area contributed by atoms with Crippen LogP contribution >= 0.6 is 0 Å². The topological polar surface area (TPSA) is 64.6 Å². The van der Waals surface area contributed by atoms with Crippen molar-refractivity contribution in [2.24, 2.45) is 23.7 Å². The standard InChI is InChI=1S/C23H33NO4/c1-15(2)9-10-28-20-8-7-16(11-21(20)27-3)14-24-23(26)19-12-17-5-4-6-18(13-19)22(17)25/h7-8,11,15,17-19H,4-6,9-10,12-14H2,1-3H3,(H,24,26). The molecule has 5 heteroatoms. The van der Waals surface area contributed by atoms with Crippen molar-refractivity contribution >= 4 is 11.7 Å². The number of methoxy groups -OCH3 is 1. The minimum Gasteiger partial charge on any atom is -0.493 e. The van der Waals surface area contributed by atoms with Crippen molar-refractivity contribution in [3.63, 3.8) is 0 Å². The average Bonchev–Trinajstić information content (AvgIpc) is 2.66. The summed E-state index contributed by atoms with van der Waals surface area (Å²) in [7, 11) is 1.63. The SMILES string of the molecule is COc1cc(CNC(=O)C2CC3CCCC(C2)C3=O)ccc1OCCC(C)C. The summed E-state index contributed by atoms with van der Waals surface area (Å²) in [6, 6.07) is 5.79. The van der Waals surface area contributed by atoms with Crippen molar-refractivity contribution in [1.29, 1.82) is 0 Å². The summed E-state index contributed by atoms with van der Waals surface area (Å²) in [6.07, 6.45) is 5.46. The van der Waals surface area contributed by atoms with Gasteiger partial charge in [-0.15, -0.1) is 0 Å². The molecule has 1 aromatic carbocycles. The largest absolute Gasteiger partial charge is 0.493 e. The van der Waals surface area contributed by atoms with Crippen LogP contribution in [0.4, 0.5) is 0 Å². The van der Waals surface area contributed by atoms with Crippen LogP contribution in [0, 0.1) is 23.7 Å². The molecule has 3 rings (SSSR count). The van der Waals surface area contributed by atoms with Crippen molar-refractivity contribution in [2.75, 3.05) is 13.7 Å². The molecule has 5 nitrogen and oxygen atoms in total. The number of fused-ring (bicyclic) bond motifs is 2. The highest BCUT2D eigenvalue weighted by Crippen LogP contribution is 2.40. The number of ketones is 1. The summed E-state index contributed by atoms with van der Waals surface area (Å²) in [4.78, 5) is 24.9. The van der Waals surface area contributed by atoms with Crippen LogP contribution in [0.2, 0.25) is 0 Å². The van der Waals surface area contributed by atoms with Crippen LogP contribution in [0.15, 0.2) is 18.2 Å². The molecule has 1 amide bonds. The Morgan fingerprint density at radius 3 is 2.54 bits per heavy atom. The first-order valence-electron chi connectivity index (χ1n) is 10.6. The number of hydrogen-bond acceptors (Lipinski definition) is 4. The van der Waals surface area contributed by atoms with Crippen molar-refractivity contribution < 1.29 is 19.1 Å². The van der Waals surface area contributed by atoms with E-state index in [9.17, 15) is 9.59 Å². The number of carbonyl (C=O) groups excluding carboxylic acids is 2. The second kappa shape index (κ2) is 9.44. The molecular weight excluding hydrogens is 354 g/mol. The predicted octanol–water partition coefficient (Wildman–Crippen LogP) is 4.13. The lowest BCUT2D eigenvalue weighted by molar-refractivity contribution is -0.137. The number of nitrogens with one attached hydrogen (secondary N) is 1. The normalized spacial score (nSPS) is 24.1. The molecule has 0 spiro atoms. The zero-order valence-electron chi connectivity index (χ0n) is 17.3. The maximum Gasteiger partial charge on any atom is 0.223 e. The first-order valence-corrected chi connectivity index (χ1v) is 10.6. The fraction of sp³-hybridized carbons (Fsp3) is 0.652. The van der Waals surface area contributed by atoms with Crippen LogP contribution in [0.5, 0.6) is 11.5 Å². The van der Waals surface area contributed by atoms with E-state index in [0.29, 0.717) is 43.4 Å². The number of hydrogen-bond donors (Lipinski definition) is 1. The molecule has 2 bridgehead atoms. The molecule has 28 heavy (non-hydrogen) atoms. The Bertz CT molecular complexity index is 684. The van der Waals surface area contributed by atoms with Crippen molar-refractivity contribution in [3.05, 3.63) is 23.8 Å². The number of amides is 1. The van der Waals surface area contributed by atoms with Gasteiger partial charge in [-0.3, -0.25) is 9.59 Å². The Kier molecular flexibility index (Phi) is 6.97. The first-order chi connectivity index (χ1) is 13.5. The van der Waals surface area contributed by atoms with Gasteiger partial charge in [-0.25, -0.2) is 0 Å². The van der Waals surface area contributed by atoms with Gasteiger partial charge in [-0.1, -0.05) is 26.3 Å². The molecule has 1 aromatic rings. The summed E-state index contributed by atoms with van der Waals surface area (Å²) in [5.74, 6) is 2.65. The molecule has 0 aliphatic heterocycles. The van der Waals surface area contributed by atoms with Crippen LogP contribution in [-0.2, 0) is 16.1 Å². The lowest BCUT2D eigenvalue weighted by Gasteiger charge is -2.36. The van der Waals surface area contributed by atoms with Crippen LogP contribution < -0.4 is 14.8 Å². The highest BCUT2D eigenvalue weighted by atomic mass is 16.5. The maximum absolute atomic E-state index is 12.7. The smallest absolute Gasteiger partial charge is 0.223 e. The number of benzene rings is 1. The molecule has 154 valence electrons. The van der Waals surface area contributed by atoms with E-state index in [2.05, 4.69) is 19.2 Å². The number of ether oxygens (including phenoxy) is 2. The van der Waals surface area contributed by atoms with Gasteiger partial charge < -0.3 is 14.8 Å². The Morgan fingerprint density at radius 2 is 1.89 bits per heavy atom. The van der Waals surface area contributed by atoms with Crippen molar-refractivity contribution in [1.82, 2.24) is 5.32 Å². The van der Waals surface area contributed by atoms with Crippen molar-refractivity contribution in [2.45, 2.75) is 58.9 Å². The summed E-state index contributed by atoms with van der Waals surface area (Å²) in [6.45, 7) is 5.46. The molecule has 1 N–H and O–H groups in total. The number of rotatable bonds is 8.